The van der Waals surface area contributed by atoms with Crippen molar-refractivity contribution in [3.8, 4) is 5.69 Å². The third-order valence-corrected chi connectivity index (χ3v) is 7.46. The smallest absolute Gasteiger partial charge is 0.409 e. The Morgan fingerprint density at radius 1 is 1.12 bits per heavy atom. The van der Waals surface area contributed by atoms with Gasteiger partial charge >= 0.3 is 6.09 Å². The van der Waals surface area contributed by atoms with Gasteiger partial charge in [-0.1, -0.05) is 30.3 Å². The van der Waals surface area contributed by atoms with Gasteiger partial charge in [-0.2, -0.15) is 5.10 Å². The average Bonchev–Trinajstić information content (AvgIpc) is 3.11. The number of aryl methyl sites for hydroxylation is 1. The van der Waals surface area contributed by atoms with Crippen LogP contribution in [0.15, 0.2) is 72.9 Å². The van der Waals surface area contributed by atoms with Gasteiger partial charge in [-0.25, -0.2) is 13.9 Å². The van der Waals surface area contributed by atoms with E-state index in [2.05, 4.69) is 48.4 Å². The molecule has 1 aromatic heterocycles. The first-order chi connectivity index (χ1) is 16.0. The summed E-state index contributed by atoms with van der Waals surface area (Å²) in [5.74, 6) is 0.445. The molecule has 0 bridgehead atoms. The van der Waals surface area contributed by atoms with Crippen molar-refractivity contribution in [2.45, 2.75) is 18.3 Å². The van der Waals surface area contributed by atoms with Crippen molar-refractivity contribution < 1.29 is 13.9 Å². The molecule has 2 aliphatic rings. The summed E-state index contributed by atoms with van der Waals surface area (Å²) in [6, 6.07) is 21.3. The van der Waals surface area contributed by atoms with E-state index < -0.39 is 0 Å². The van der Waals surface area contributed by atoms with Gasteiger partial charge in [0, 0.05) is 29.8 Å². The fourth-order valence-corrected chi connectivity index (χ4v) is 6.00. The highest BCUT2D eigenvalue weighted by Gasteiger charge is 2.71. The lowest BCUT2D eigenvalue weighted by atomic mass is 9.86. The van der Waals surface area contributed by atoms with Gasteiger partial charge in [-0.15, -0.1) is 0 Å². The fraction of sp³-hybridized carbons (Fsp3) is 0.259. The maximum Gasteiger partial charge on any atom is 0.409 e. The second-order valence-corrected chi connectivity index (χ2v) is 9.14. The van der Waals surface area contributed by atoms with Gasteiger partial charge in [0.2, 0.25) is 0 Å². The third kappa shape index (κ3) is 2.90. The molecule has 1 amide bonds. The molecule has 166 valence electrons. The van der Waals surface area contributed by atoms with E-state index in [-0.39, 0.29) is 17.3 Å². The zero-order valence-electron chi connectivity index (χ0n) is 18.5. The fourth-order valence-electron chi connectivity index (χ4n) is 6.00. The van der Waals surface area contributed by atoms with Crippen LogP contribution in [0.3, 0.4) is 0 Å². The van der Waals surface area contributed by atoms with E-state index in [1.807, 2.05) is 21.8 Å². The second kappa shape index (κ2) is 7.17. The van der Waals surface area contributed by atoms with E-state index >= 15 is 0 Å². The molecule has 33 heavy (non-hydrogen) atoms. The van der Waals surface area contributed by atoms with Gasteiger partial charge in [0.25, 0.3) is 0 Å². The molecule has 6 rings (SSSR count). The van der Waals surface area contributed by atoms with Crippen LogP contribution in [0.2, 0.25) is 0 Å². The van der Waals surface area contributed by atoms with Crippen LogP contribution in [0.25, 0.3) is 16.6 Å². The number of piperidine rings is 1. The summed E-state index contributed by atoms with van der Waals surface area (Å²) < 4.78 is 20.3. The van der Waals surface area contributed by atoms with Crippen molar-refractivity contribution in [3.05, 3.63) is 95.4 Å². The first-order valence-electron chi connectivity index (χ1n) is 11.2. The molecule has 1 aliphatic heterocycles. The largest absolute Gasteiger partial charge is 0.453 e. The lowest BCUT2D eigenvalue weighted by Crippen LogP contribution is -2.34. The SMILES string of the molecule is COC(=O)N1C[C@@H]2[C@@H](c3ccccc3)[C@]2(c2cc3cnn(-c4ccc(F)cc4)c3cc2C)C1. The quantitative estimate of drug-likeness (QED) is 0.439. The predicted molar refractivity (Wildman–Crippen MR) is 124 cm³/mol. The van der Waals surface area contributed by atoms with Gasteiger partial charge in [-0.3, -0.25) is 0 Å². The Labute approximate surface area is 191 Å². The first kappa shape index (κ1) is 20.0. The van der Waals surface area contributed by atoms with E-state index in [9.17, 15) is 9.18 Å². The topological polar surface area (TPSA) is 47.4 Å². The lowest BCUT2D eigenvalue weighted by Gasteiger charge is -2.24. The summed E-state index contributed by atoms with van der Waals surface area (Å²) in [6.45, 7) is 3.46. The number of methoxy groups -OCH3 is 1. The highest BCUT2D eigenvalue weighted by atomic mass is 19.1. The summed E-state index contributed by atoms with van der Waals surface area (Å²) in [5.41, 5.74) is 5.41. The van der Waals surface area contributed by atoms with Crippen molar-refractivity contribution in [2.24, 2.45) is 5.92 Å². The summed E-state index contributed by atoms with van der Waals surface area (Å²) in [4.78, 5) is 14.2. The molecule has 4 aromatic rings. The molecule has 2 fully saturated rings. The number of carbonyl (C=O) groups is 1. The number of halogens is 1. The van der Waals surface area contributed by atoms with Crippen molar-refractivity contribution in [3.63, 3.8) is 0 Å². The number of ether oxygens (including phenoxy) is 1. The molecule has 0 unspecified atom stereocenters. The van der Waals surface area contributed by atoms with E-state index in [0.717, 1.165) is 16.6 Å². The number of hydrogen-bond acceptors (Lipinski definition) is 3. The molecule has 3 aromatic carbocycles. The molecule has 0 spiro atoms. The predicted octanol–water partition coefficient (Wildman–Crippen LogP) is 5.21. The average molecular weight is 442 g/mol. The van der Waals surface area contributed by atoms with Crippen LogP contribution >= 0.6 is 0 Å². The minimum absolute atomic E-state index is 0.133. The molecule has 0 radical (unpaired) electrons. The number of carbonyl (C=O) groups excluding carboxylic acids is 1. The maximum atomic E-state index is 13.4. The van der Waals surface area contributed by atoms with Crippen LogP contribution in [0, 0.1) is 18.7 Å². The number of nitrogens with zero attached hydrogens (tertiary/aromatic N) is 3. The van der Waals surface area contributed by atoms with Gasteiger partial charge in [-0.05, 0) is 65.9 Å². The summed E-state index contributed by atoms with van der Waals surface area (Å²) in [5, 5.41) is 5.61. The molecule has 6 heteroatoms. The van der Waals surface area contributed by atoms with E-state index in [0.29, 0.717) is 24.9 Å². The lowest BCUT2D eigenvalue weighted by molar-refractivity contribution is 0.127. The number of benzene rings is 3. The van der Waals surface area contributed by atoms with Gasteiger partial charge in [0.15, 0.2) is 0 Å². The molecule has 1 saturated carbocycles. The molecule has 5 nitrogen and oxygen atoms in total. The van der Waals surface area contributed by atoms with Crippen LogP contribution in [-0.2, 0) is 10.2 Å². The Morgan fingerprint density at radius 2 is 1.88 bits per heavy atom. The molecular formula is C27H24FN3O2. The van der Waals surface area contributed by atoms with Crippen molar-refractivity contribution in [1.29, 1.82) is 0 Å². The third-order valence-electron chi connectivity index (χ3n) is 7.46. The zero-order valence-corrected chi connectivity index (χ0v) is 18.5. The minimum Gasteiger partial charge on any atom is -0.453 e. The van der Waals surface area contributed by atoms with Crippen molar-refractivity contribution in [1.82, 2.24) is 14.7 Å². The van der Waals surface area contributed by atoms with E-state index in [1.165, 1.54) is 35.9 Å². The van der Waals surface area contributed by atoms with Crippen molar-refractivity contribution >= 4 is 17.0 Å². The van der Waals surface area contributed by atoms with Gasteiger partial charge in [0.1, 0.15) is 5.82 Å². The summed E-state index contributed by atoms with van der Waals surface area (Å²) in [7, 11) is 1.44. The molecule has 0 N–H and O–H groups in total. The van der Waals surface area contributed by atoms with Crippen LogP contribution in [0.1, 0.15) is 22.6 Å². The number of likely N-dealkylation sites (tertiary alicyclic amines) is 1. The van der Waals surface area contributed by atoms with E-state index in [1.54, 1.807) is 12.1 Å². The van der Waals surface area contributed by atoms with Gasteiger partial charge in [0.05, 0.1) is 24.5 Å². The number of hydrogen-bond donors (Lipinski definition) is 0. The number of rotatable bonds is 3. The minimum atomic E-state index is -0.268. The van der Waals surface area contributed by atoms with Crippen molar-refractivity contribution in [2.75, 3.05) is 20.2 Å². The van der Waals surface area contributed by atoms with Crippen LogP contribution in [0.5, 0.6) is 0 Å². The molecule has 1 aliphatic carbocycles. The zero-order chi connectivity index (χ0) is 22.7. The summed E-state index contributed by atoms with van der Waals surface area (Å²) >= 11 is 0. The number of fused-ring (bicyclic) bond motifs is 2. The Morgan fingerprint density at radius 3 is 2.61 bits per heavy atom. The van der Waals surface area contributed by atoms with E-state index in [4.69, 9.17) is 4.74 Å². The molecular weight excluding hydrogens is 417 g/mol. The normalized spacial score (nSPS) is 23.5. The molecule has 2 heterocycles. The highest BCUT2D eigenvalue weighted by Crippen LogP contribution is 2.69. The molecule has 1 saturated heterocycles. The Hall–Kier alpha value is -3.67. The van der Waals surface area contributed by atoms with Crippen LogP contribution in [0.4, 0.5) is 9.18 Å². The number of amides is 1. The number of aromatic nitrogens is 2. The first-order valence-corrected chi connectivity index (χ1v) is 11.2. The second-order valence-electron chi connectivity index (χ2n) is 9.14. The standard InChI is InChI=1S/C27H24FN3O2/c1-17-12-24-19(14-29-31(24)21-10-8-20(28)9-11-21)13-22(17)27-16-30(26(32)33-2)15-23(27)25(27)18-6-4-3-5-7-18/h3-14,23,25H,15-16H2,1-2H3/t23-,25-,27+/m1/s1. The van der Waals surface area contributed by atoms with Gasteiger partial charge < -0.3 is 9.64 Å². The monoisotopic (exact) mass is 441 g/mol. The molecule has 3 atom stereocenters. The Bertz CT molecular complexity index is 1370. The van der Waals surface area contributed by atoms with Crippen LogP contribution < -0.4 is 0 Å². The summed E-state index contributed by atoms with van der Waals surface area (Å²) in [6.07, 6.45) is 1.59. The maximum absolute atomic E-state index is 13.4. The highest BCUT2D eigenvalue weighted by molar-refractivity contribution is 5.83. The van der Waals surface area contributed by atoms with Crippen LogP contribution in [-0.4, -0.2) is 41.0 Å². The Kier molecular flexibility index (Phi) is 4.34. The Balaban J connectivity index is 1.45.